The van der Waals surface area contributed by atoms with Gasteiger partial charge < -0.3 is 20.3 Å². The van der Waals surface area contributed by atoms with Crippen molar-refractivity contribution in [2.45, 2.75) is 31.8 Å². The van der Waals surface area contributed by atoms with Gasteiger partial charge in [0, 0.05) is 32.9 Å². The number of amides is 3. The van der Waals surface area contributed by atoms with E-state index >= 15 is 0 Å². The Bertz CT molecular complexity index is 1030. The molecule has 8 heteroatoms. The van der Waals surface area contributed by atoms with Gasteiger partial charge in [0.25, 0.3) is 0 Å². The maximum Gasteiger partial charge on any atom is 0.234 e. The zero-order chi connectivity index (χ0) is 24.8. The molecule has 4 rings (SSSR count). The lowest BCUT2D eigenvalue weighted by Crippen LogP contribution is -2.64. The van der Waals surface area contributed by atoms with Gasteiger partial charge in [0.1, 0.15) is 12.4 Å². The number of carbonyl (C=O) groups is 3. The topological polar surface area (TPSA) is 91.0 Å². The molecule has 0 unspecified atom stereocenters. The average molecular weight is 479 g/mol. The first-order valence-electron chi connectivity index (χ1n) is 12.2. The third-order valence-electron chi connectivity index (χ3n) is 6.92. The lowest BCUT2D eigenvalue weighted by atomic mass is 9.75. The molecule has 8 nitrogen and oxygen atoms in total. The van der Waals surface area contributed by atoms with Crippen molar-refractivity contribution >= 4 is 17.7 Å². The number of nitrogens with zero attached hydrogens (tertiary/aromatic N) is 2. The molecule has 186 valence electrons. The van der Waals surface area contributed by atoms with Gasteiger partial charge in [0.2, 0.25) is 17.7 Å². The predicted molar refractivity (Wildman–Crippen MR) is 133 cm³/mol. The van der Waals surface area contributed by atoms with E-state index in [0.717, 1.165) is 24.3 Å². The van der Waals surface area contributed by atoms with Crippen molar-refractivity contribution in [2.24, 2.45) is 5.92 Å². The van der Waals surface area contributed by atoms with Crippen molar-refractivity contribution < 1.29 is 19.1 Å². The van der Waals surface area contributed by atoms with E-state index in [0.29, 0.717) is 26.2 Å². The predicted octanol–water partition coefficient (Wildman–Crippen LogP) is 1.98. The van der Waals surface area contributed by atoms with E-state index in [1.165, 1.54) is 6.92 Å². The first-order valence-corrected chi connectivity index (χ1v) is 12.2. The summed E-state index contributed by atoms with van der Waals surface area (Å²) in [4.78, 5) is 41.5. The summed E-state index contributed by atoms with van der Waals surface area (Å²) in [5, 5.41) is 6.11. The van der Waals surface area contributed by atoms with Crippen LogP contribution in [-0.2, 0) is 14.4 Å². The van der Waals surface area contributed by atoms with Crippen LogP contribution in [0.1, 0.15) is 31.9 Å². The van der Waals surface area contributed by atoms with Gasteiger partial charge in [-0.25, -0.2) is 0 Å². The number of hydrogen-bond donors (Lipinski definition) is 2. The highest BCUT2D eigenvalue weighted by Crippen LogP contribution is 2.47. The van der Waals surface area contributed by atoms with Crippen LogP contribution < -0.4 is 15.4 Å². The molecule has 3 atom stereocenters. The van der Waals surface area contributed by atoms with E-state index in [1.807, 2.05) is 65.6 Å². The Kier molecular flexibility index (Phi) is 7.70. The Morgan fingerprint density at radius 2 is 1.69 bits per heavy atom. The first kappa shape index (κ1) is 24.7. The largest absolute Gasteiger partial charge is 0.492 e. The molecule has 2 aliphatic rings. The average Bonchev–Trinajstić information content (AvgIpc) is 3.17. The van der Waals surface area contributed by atoms with Gasteiger partial charge in [-0.05, 0) is 30.7 Å². The third kappa shape index (κ3) is 5.82. The maximum absolute atomic E-state index is 12.6. The van der Waals surface area contributed by atoms with Gasteiger partial charge in [-0.1, -0.05) is 48.5 Å². The number of hydrogen-bond acceptors (Lipinski definition) is 5. The summed E-state index contributed by atoms with van der Waals surface area (Å²) in [7, 11) is 0. The van der Waals surface area contributed by atoms with E-state index in [1.54, 1.807) is 6.92 Å². The third-order valence-corrected chi connectivity index (χ3v) is 6.92. The maximum atomic E-state index is 12.6. The van der Waals surface area contributed by atoms with E-state index in [4.69, 9.17) is 4.74 Å². The molecule has 0 saturated carbocycles. The van der Waals surface area contributed by atoms with Crippen LogP contribution >= 0.6 is 0 Å². The second kappa shape index (κ2) is 10.9. The minimum Gasteiger partial charge on any atom is -0.492 e. The number of benzene rings is 2. The second-order valence-electron chi connectivity index (χ2n) is 9.46. The quantitative estimate of drug-likeness (QED) is 0.567. The number of ether oxygens (including phenoxy) is 1. The Morgan fingerprint density at radius 3 is 2.34 bits per heavy atom. The van der Waals surface area contributed by atoms with Crippen LogP contribution in [0.4, 0.5) is 0 Å². The second-order valence-corrected chi connectivity index (χ2v) is 9.46. The molecule has 2 fully saturated rings. The SMILES string of the molecule is CC(=O)N[C@@]12CN(CC(=O)NCCOc3ccccc3)CC[C@@H]1[C@@H](c1ccccc1)N(C(C)=O)C2. The van der Waals surface area contributed by atoms with Crippen molar-refractivity contribution in [1.82, 2.24) is 20.4 Å². The standard InChI is InChI=1S/C27H34N4O4/c1-20(32)29-27-18-30(17-25(34)28-14-16-35-23-11-7-4-8-12-23)15-13-24(27)26(31(19-27)21(2)33)22-9-5-3-6-10-22/h3-12,24,26H,13-19H2,1-2H3,(H,28,34)(H,29,32)/t24-,26-,27-/m1/s1. The van der Waals surface area contributed by atoms with Crippen molar-refractivity contribution in [1.29, 1.82) is 0 Å². The molecule has 0 bridgehead atoms. The van der Waals surface area contributed by atoms with Crippen LogP contribution in [0.15, 0.2) is 60.7 Å². The van der Waals surface area contributed by atoms with Crippen LogP contribution in [0.5, 0.6) is 5.75 Å². The molecule has 0 aliphatic carbocycles. The summed E-state index contributed by atoms with van der Waals surface area (Å²) in [5.41, 5.74) is 0.469. The van der Waals surface area contributed by atoms with E-state index in [9.17, 15) is 14.4 Å². The molecular weight excluding hydrogens is 444 g/mol. The lowest BCUT2D eigenvalue weighted by molar-refractivity contribution is -0.130. The molecule has 0 spiro atoms. The molecule has 2 saturated heterocycles. The van der Waals surface area contributed by atoms with Crippen LogP contribution in [0.3, 0.4) is 0 Å². The van der Waals surface area contributed by atoms with Gasteiger partial charge in [0.15, 0.2) is 0 Å². The highest BCUT2D eigenvalue weighted by atomic mass is 16.5. The van der Waals surface area contributed by atoms with Crippen LogP contribution in [0, 0.1) is 5.92 Å². The Morgan fingerprint density at radius 1 is 1.00 bits per heavy atom. The molecule has 0 radical (unpaired) electrons. The molecule has 3 amide bonds. The van der Waals surface area contributed by atoms with Gasteiger partial charge in [-0.2, -0.15) is 0 Å². The first-order chi connectivity index (χ1) is 16.9. The summed E-state index contributed by atoms with van der Waals surface area (Å²) >= 11 is 0. The fraction of sp³-hybridized carbons (Fsp3) is 0.444. The summed E-state index contributed by atoms with van der Waals surface area (Å²) < 4.78 is 5.64. The Balaban J connectivity index is 1.41. The van der Waals surface area contributed by atoms with Crippen LogP contribution in [-0.4, -0.2) is 72.4 Å². The van der Waals surface area contributed by atoms with E-state index in [2.05, 4.69) is 15.5 Å². The Hall–Kier alpha value is -3.39. The monoisotopic (exact) mass is 478 g/mol. The lowest BCUT2D eigenvalue weighted by Gasteiger charge is -2.45. The molecule has 35 heavy (non-hydrogen) atoms. The zero-order valence-corrected chi connectivity index (χ0v) is 20.4. The Labute approximate surface area is 206 Å². The molecule has 2 aromatic carbocycles. The fourth-order valence-corrected chi connectivity index (χ4v) is 5.60. The van der Waals surface area contributed by atoms with Crippen LogP contribution in [0.25, 0.3) is 0 Å². The number of likely N-dealkylation sites (tertiary alicyclic amines) is 2. The highest BCUT2D eigenvalue weighted by Gasteiger charge is 2.56. The zero-order valence-electron chi connectivity index (χ0n) is 20.4. The van der Waals surface area contributed by atoms with Gasteiger partial charge in [-0.3, -0.25) is 19.3 Å². The number of para-hydroxylation sites is 1. The summed E-state index contributed by atoms with van der Waals surface area (Å²) in [6, 6.07) is 19.4. The highest BCUT2D eigenvalue weighted by molar-refractivity contribution is 5.78. The number of carbonyl (C=O) groups excluding carboxylic acids is 3. The molecule has 2 N–H and O–H groups in total. The molecular formula is C27H34N4O4. The molecule has 2 aromatic rings. The van der Waals surface area contributed by atoms with Crippen molar-refractivity contribution in [3.8, 4) is 5.75 Å². The summed E-state index contributed by atoms with van der Waals surface area (Å²) in [6.45, 7) is 5.78. The normalized spacial score (nSPS) is 23.9. The van der Waals surface area contributed by atoms with Gasteiger partial charge in [0.05, 0.1) is 24.7 Å². The fourth-order valence-electron chi connectivity index (χ4n) is 5.60. The number of piperidine rings is 1. The summed E-state index contributed by atoms with van der Waals surface area (Å²) in [5.74, 6) is 0.609. The van der Waals surface area contributed by atoms with E-state index < -0.39 is 5.54 Å². The van der Waals surface area contributed by atoms with Crippen molar-refractivity contribution in [3.05, 3.63) is 66.2 Å². The molecule has 2 heterocycles. The molecule has 2 aliphatic heterocycles. The van der Waals surface area contributed by atoms with Crippen LogP contribution in [0.2, 0.25) is 0 Å². The summed E-state index contributed by atoms with van der Waals surface area (Å²) in [6.07, 6.45) is 0.772. The number of fused-ring (bicyclic) bond motifs is 1. The minimum atomic E-state index is -0.604. The molecule has 0 aromatic heterocycles. The van der Waals surface area contributed by atoms with E-state index in [-0.39, 0.29) is 36.2 Å². The minimum absolute atomic E-state index is 0.0133. The smallest absolute Gasteiger partial charge is 0.234 e. The number of rotatable bonds is 8. The van der Waals surface area contributed by atoms with Crippen molar-refractivity contribution in [3.63, 3.8) is 0 Å². The number of nitrogens with one attached hydrogen (secondary N) is 2. The van der Waals surface area contributed by atoms with Gasteiger partial charge >= 0.3 is 0 Å². The van der Waals surface area contributed by atoms with Crippen molar-refractivity contribution in [2.75, 3.05) is 39.3 Å². The van der Waals surface area contributed by atoms with Gasteiger partial charge in [-0.15, -0.1) is 0 Å².